The number of nitrogens with zero attached hydrogens (tertiary/aromatic N) is 1. The summed E-state index contributed by atoms with van der Waals surface area (Å²) in [5, 5.41) is 14.0. The second kappa shape index (κ2) is 5.27. The largest absolute Gasteiger partial charge is 0.385 e. The van der Waals surface area contributed by atoms with Crippen LogP contribution in [0, 0.1) is 15.5 Å². The fourth-order valence-corrected chi connectivity index (χ4v) is 3.72. The monoisotopic (exact) mass is 313 g/mol. The number of rotatable bonds is 6. The second-order valence-corrected chi connectivity index (χ2v) is 7.52. The van der Waals surface area contributed by atoms with Crippen LogP contribution in [0.3, 0.4) is 0 Å². The number of anilines is 1. The predicted octanol–water partition coefficient (Wildman–Crippen LogP) is 2.10. The highest BCUT2D eigenvalue weighted by Crippen LogP contribution is 2.45. The lowest BCUT2D eigenvalue weighted by molar-refractivity contribution is -0.387. The Morgan fingerprint density at radius 1 is 1.43 bits per heavy atom. The van der Waals surface area contributed by atoms with Crippen LogP contribution in [-0.4, -0.2) is 25.9 Å². The van der Waals surface area contributed by atoms with E-state index in [2.05, 4.69) is 10.0 Å². The van der Waals surface area contributed by atoms with Crippen molar-refractivity contribution in [3.05, 3.63) is 28.3 Å². The normalized spacial score (nSPS) is 20.0. The Hall–Kier alpha value is -1.67. The fraction of sp³-hybridized carbons (Fsp3) is 0.538. The maximum Gasteiger partial charge on any atom is 0.289 e. The minimum Gasteiger partial charge on any atom is -0.385 e. The van der Waals surface area contributed by atoms with E-state index in [-0.39, 0.29) is 16.4 Å². The zero-order valence-electron chi connectivity index (χ0n) is 12.2. The Kier molecular flexibility index (Phi) is 3.94. The molecular formula is C13H19N3O4S. The molecule has 0 saturated heterocycles. The first-order valence-corrected chi connectivity index (χ1v) is 8.20. The van der Waals surface area contributed by atoms with Gasteiger partial charge in [-0.05, 0) is 30.9 Å². The van der Waals surface area contributed by atoms with Crippen LogP contribution in [0.4, 0.5) is 11.4 Å². The third kappa shape index (κ3) is 3.33. The highest BCUT2D eigenvalue weighted by molar-refractivity contribution is 7.89. The Labute approximate surface area is 123 Å². The predicted molar refractivity (Wildman–Crippen MR) is 79.8 cm³/mol. The van der Waals surface area contributed by atoms with E-state index < -0.39 is 20.6 Å². The average Bonchev–Trinajstić information content (AvgIpc) is 2.95. The molecular weight excluding hydrogens is 294 g/mol. The van der Waals surface area contributed by atoms with Gasteiger partial charge in [0.1, 0.15) is 0 Å². The number of hydrogen-bond donors (Lipinski definition) is 2. The van der Waals surface area contributed by atoms with Gasteiger partial charge >= 0.3 is 0 Å². The summed E-state index contributed by atoms with van der Waals surface area (Å²) in [6.45, 7) is 6.36. The van der Waals surface area contributed by atoms with Crippen LogP contribution in [0.15, 0.2) is 23.1 Å². The highest BCUT2D eigenvalue weighted by atomic mass is 32.2. The van der Waals surface area contributed by atoms with Crippen molar-refractivity contribution in [2.45, 2.75) is 38.1 Å². The first-order valence-electron chi connectivity index (χ1n) is 6.72. The Bertz CT molecular complexity index is 670. The average molecular weight is 313 g/mol. The molecule has 2 rings (SSSR count). The van der Waals surface area contributed by atoms with Crippen LogP contribution in [0.1, 0.15) is 27.2 Å². The molecule has 0 spiro atoms. The van der Waals surface area contributed by atoms with Gasteiger partial charge < -0.3 is 5.32 Å². The summed E-state index contributed by atoms with van der Waals surface area (Å²) in [5.41, 5.74) is 0.0300. The first-order chi connectivity index (χ1) is 9.67. The summed E-state index contributed by atoms with van der Waals surface area (Å²) in [4.78, 5) is 10.1. The molecule has 1 unspecified atom stereocenters. The molecule has 0 aliphatic heterocycles. The molecule has 21 heavy (non-hydrogen) atoms. The molecule has 2 N–H and O–H groups in total. The van der Waals surface area contributed by atoms with Gasteiger partial charge in [0, 0.05) is 24.3 Å². The number of nitro groups is 1. The molecule has 7 nitrogen and oxygen atoms in total. The molecule has 1 aliphatic carbocycles. The zero-order valence-corrected chi connectivity index (χ0v) is 13.0. The molecule has 1 aromatic carbocycles. The molecule has 0 radical (unpaired) electrons. The molecule has 0 bridgehead atoms. The van der Waals surface area contributed by atoms with Crippen LogP contribution in [0.25, 0.3) is 0 Å². The van der Waals surface area contributed by atoms with Crippen LogP contribution >= 0.6 is 0 Å². The summed E-state index contributed by atoms with van der Waals surface area (Å²) in [6, 6.07) is 3.84. The van der Waals surface area contributed by atoms with Crippen molar-refractivity contribution in [1.82, 2.24) is 4.72 Å². The summed E-state index contributed by atoms with van der Waals surface area (Å²) in [5.74, 6) is 0. The van der Waals surface area contributed by atoms with Crippen molar-refractivity contribution < 1.29 is 13.3 Å². The van der Waals surface area contributed by atoms with E-state index in [0.717, 1.165) is 6.42 Å². The SMILES string of the molecule is CCNc1ccc([N+](=O)[O-])c(S(=O)(=O)NC2CC2(C)C)c1. The van der Waals surface area contributed by atoms with Gasteiger partial charge in [-0.1, -0.05) is 13.8 Å². The Balaban J connectivity index is 2.39. The van der Waals surface area contributed by atoms with Gasteiger partial charge in [-0.3, -0.25) is 10.1 Å². The summed E-state index contributed by atoms with van der Waals surface area (Å²) in [7, 11) is -3.92. The van der Waals surface area contributed by atoms with Crippen LogP contribution in [0.2, 0.25) is 0 Å². The Morgan fingerprint density at radius 3 is 2.52 bits per heavy atom. The standard InChI is InChI=1S/C13H19N3O4S/c1-4-14-9-5-6-10(16(17)18)11(7-9)21(19,20)15-12-8-13(12,2)3/h5-7,12,14-15H,4,8H2,1-3H3. The van der Waals surface area contributed by atoms with Crippen molar-refractivity contribution in [3.63, 3.8) is 0 Å². The van der Waals surface area contributed by atoms with E-state index in [1.165, 1.54) is 18.2 Å². The lowest BCUT2D eigenvalue weighted by Crippen LogP contribution is -2.29. The molecule has 1 aliphatic rings. The van der Waals surface area contributed by atoms with E-state index >= 15 is 0 Å². The fourth-order valence-electron chi connectivity index (χ4n) is 2.11. The van der Waals surface area contributed by atoms with Gasteiger partial charge in [-0.25, -0.2) is 13.1 Å². The third-order valence-electron chi connectivity index (χ3n) is 3.64. The lowest BCUT2D eigenvalue weighted by atomic mass is 10.2. The van der Waals surface area contributed by atoms with Crippen LogP contribution in [-0.2, 0) is 10.0 Å². The zero-order chi connectivity index (χ0) is 15.8. The van der Waals surface area contributed by atoms with E-state index in [9.17, 15) is 18.5 Å². The van der Waals surface area contributed by atoms with Crippen LogP contribution in [0.5, 0.6) is 0 Å². The van der Waals surface area contributed by atoms with Crippen molar-refractivity contribution in [2.24, 2.45) is 5.41 Å². The summed E-state index contributed by atoms with van der Waals surface area (Å²) < 4.78 is 27.4. The van der Waals surface area contributed by atoms with E-state index in [4.69, 9.17) is 0 Å². The number of hydrogen-bond acceptors (Lipinski definition) is 5. The third-order valence-corrected chi connectivity index (χ3v) is 5.14. The van der Waals surface area contributed by atoms with Crippen LogP contribution < -0.4 is 10.0 Å². The maximum atomic E-state index is 12.4. The molecule has 0 amide bonds. The number of nitrogens with one attached hydrogen (secondary N) is 2. The van der Waals surface area contributed by atoms with Crippen molar-refractivity contribution in [1.29, 1.82) is 0 Å². The molecule has 0 heterocycles. The molecule has 1 fully saturated rings. The molecule has 116 valence electrons. The topological polar surface area (TPSA) is 101 Å². The van der Waals surface area contributed by atoms with E-state index in [1.54, 1.807) is 0 Å². The number of nitro benzene ring substituents is 1. The molecule has 1 aromatic rings. The first kappa shape index (κ1) is 15.7. The molecule has 0 aromatic heterocycles. The van der Waals surface area contributed by atoms with Gasteiger partial charge in [0.25, 0.3) is 5.69 Å². The van der Waals surface area contributed by atoms with Crippen molar-refractivity contribution in [3.8, 4) is 0 Å². The minimum absolute atomic E-state index is 0.0961. The van der Waals surface area contributed by atoms with Gasteiger partial charge in [0.05, 0.1) is 4.92 Å². The highest BCUT2D eigenvalue weighted by Gasteiger charge is 2.48. The second-order valence-electron chi connectivity index (χ2n) is 5.84. The van der Waals surface area contributed by atoms with Gasteiger partial charge in [0.15, 0.2) is 4.90 Å². The summed E-state index contributed by atoms with van der Waals surface area (Å²) >= 11 is 0. The quantitative estimate of drug-likeness (QED) is 0.618. The van der Waals surface area contributed by atoms with Gasteiger partial charge in [0.2, 0.25) is 10.0 Å². The Morgan fingerprint density at radius 2 is 2.05 bits per heavy atom. The molecule has 1 atom stereocenters. The minimum atomic E-state index is -3.92. The molecule has 8 heteroatoms. The van der Waals surface area contributed by atoms with E-state index in [0.29, 0.717) is 12.2 Å². The van der Waals surface area contributed by atoms with Crippen molar-refractivity contribution >= 4 is 21.4 Å². The maximum absolute atomic E-state index is 12.4. The number of sulfonamides is 1. The van der Waals surface area contributed by atoms with Gasteiger partial charge in [-0.2, -0.15) is 0 Å². The smallest absolute Gasteiger partial charge is 0.289 e. The van der Waals surface area contributed by atoms with Gasteiger partial charge in [-0.15, -0.1) is 0 Å². The summed E-state index contributed by atoms with van der Waals surface area (Å²) in [6.07, 6.45) is 0.729. The van der Waals surface area contributed by atoms with E-state index in [1.807, 2.05) is 20.8 Å². The van der Waals surface area contributed by atoms with Crippen molar-refractivity contribution in [2.75, 3.05) is 11.9 Å². The lowest BCUT2D eigenvalue weighted by Gasteiger charge is -2.10. The molecule has 1 saturated carbocycles. The number of benzene rings is 1.